The van der Waals surface area contributed by atoms with E-state index >= 15 is 0 Å². The van der Waals surface area contributed by atoms with E-state index in [1.807, 2.05) is 12.1 Å². The van der Waals surface area contributed by atoms with E-state index in [1.165, 1.54) is 18.4 Å². The van der Waals surface area contributed by atoms with E-state index in [0.717, 1.165) is 12.4 Å². The molecule has 3 rings (SSSR count). The largest absolute Gasteiger partial charge is 0.350 e. The van der Waals surface area contributed by atoms with Gasteiger partial charge in [0, 0.05) is 12.7 Å². The first kappa shape index (κ1) is 11.2. The number of nitrogens with zero attached hydrogens (tertiary/aromatic N) is 3. The summed E-state index contributed by atoms with van der Waals surface area (Å²) in [5, 5.41) is 13.1. The van der Waals surface area contributed by atoms with Gasteiger partial charge in [-0.3, -0.25) is 0 Å². The number of aromatic nitrogens is 1. The minimum absolute atomic E-state index is 0.441. The molecule has 90 valence electrons. The van der Waals surface area contributed by atoms with E-state index in [0.29, 0.717) is 11.6 Å². The van der Waals surface area contributed by atoms with E-state index in [4.69, 9.17) is 5.26 Å². The standard InChI is InChI=1S/C14H13N3S/c15-8-11-3-4-14(16-9-11)17-6-1-2-13(17)12-5-7-18-10-12/h3-5,7,9-10,13H,1-2,6H2. The van der Waals surface area contributed by atoms with Crippen molar-refractivity contribution in [3.8, 4) is 6.07 Å². The number of hydrogen-bond donors (Lipinski definition) is 0. The zero-order valence-corrected chi connectivity index (χ0v) is 10.7. The Bertz CT molecular complexity index is 554. The van der Waals surface area contributed by atoms with Crippen LogP contribution in [0.2, 0.25) is 0 Å². The van der Waals surface area contributed by atoms with Crippen LogP contribution in [0.15, 0.2) is 35.2 Å². The smallest absolute Gasteiger partial charge is 0.129 e. The quantitative estimate of drug-likeness (QED) is 0.826. The molecule has 4 heteroatoms. The van der Waals surface area contributed by atoms with Gasteiger partial charge in [0.1, 0.15) is 11.9 Å². The Morgan fingerprint density at radius 1 is 1.39 bits per heavy atom. The average molecular weight is 255 g/mol. The molecule has 0 radical (unpaired) electrons. The number of hydrogen-bond acceptors (Lipinski definition) is 4. The number of rotatable bonds is 2. The van der Waals surface area contributed by atoms with E-state index in [9.17, 15) is 0 Å². The topological polar surface area (TPSA) is 39.9 Å². The molecule has 1 unspecified atom stereocenters. The summed E-state index contributed by atoms with van der Waals surface area (Å²) in [6.07, 6.45) is 4.03. The molecule has 0 N–H and O–H groups in total. The summed E-state index contributed by atoms with van der Waals surface area (Å²) in [6.45, 7) is 1.04. The fourth-order valence-corrected chi connectivity index (χ4v) is 3.18. The third-order valence-electron chi connectivity index (χ3n) is 3.35. The first-order chi connectivity index (χ1) is 8.88. The summed E-state index contributed by atoms with van der Waals surface area (Å²) in [5.41, 5.74) is 1.99. The molecule has 3 nitrogen and oxygen atoms in total. The van der Waals surface area contributed by atoms with Crippen LogP contribution in [0.1, 0.15) is 30.0 Å². The zero-order chi connectivity index (χ0) is 12.4. The van der Waals surface area contributed by atoms with Crippen molar-refractivity contribution in [2.45, 2.75) is 18.9 Å². The Kier molecular flexibility index (Phi) is 2.99. The summed E-state index contributed by atoms with van der Waals surface area (Å²) in [7, 11) is 0. The molecule has 1 aliphatic rings. The molecule has 1 aliphatic heterocycles. The van der Waals surface area contributed by atoms with Gasteiger partial charge in [0.2, 0.25) is 0 Å². The summed E-state index contributed by atoms with van der Waals surface area (Å²) >= 11 is 1.74. The van der Waals surface area contributed by atoms with E-state index in [2.05, 4.69) is 32.8 Å². The molecule has 0 spiro atoms. The van der Waals surface area contributed by atoms with Crippen LogP contribution in [-0.2, 0) is 0 Å². The lowest BCUT2D eigenvalue weighted by Gasteiger charge is -2.25. The predicted molar refractivity (Wildman–Crippen MR) is 72.6 cm³/mol. The summed E-state index contributed by atoms with van der Waals surface area (Å²) < 4.78 is 0. The maximum absolute atomic E-state index is 8.79. The molecule has 2 aromatic rings. The number of anilines is 1. The molecule has 0 aromatic carbocycles. The molecule has 1 fully saturated rings. The second kappa shape index (κ2) is 4.79. The van der Waals surface area contributed by atoms with Crippen molar-refractivity contribution in [1.82, 2.24) is 4.98 Å². The van der Waals surface area contributed by atoms with Crippen LogP contribution < -0.4 is 4.90 Å². The van der Waals surface area contributed by atoms with Crippen molar-refractivity contribution in [2.75, 3.05) is 11.4 Å². The lowest BCUT2D eigenvalue weighted by atomic mass is 10.1. The Morgan fingerprint density at radius 3 is 3.00 bits per heavy atom. The van der Waals surface area contributed by atoms with Crippen LogP contribution >= 0.6 is 11.3 Å². The first-order valence-corrected chi connectivity index (χ1v) is 6.97. The minimum atomic E-state index is 0.441. The first-order valence-electron chi connectivity index (χ1n) is 6.03. The third kappa shape index (κ3) is 1.98. The Morgan fingerprint density at radius 2 is 2.33 bits per heavy atom. The van der Waals surface area contributed by atoms with E-state index in [1.54, 1.807) is 17.5 Å². The van der Waals surface area contributed by atoms with Crippen molar-refractivity contribution in [2.24, 2.45) is 0 Å². The van der Waals surface area contributed by atoms with Gasteiger partial charge in [-0.25, -0.2) is 4.98 Å². The highest BCUT2D eigenvalue weighted by Crippen LogP contribution is 2.35. The van der Waals surface area contributed by atoms with Crippen molar-refractivity contribution in [3.05, 3.63) is 46.3 Å². The summed E-state index contributed by atoms with van der Waals surface area (Å²) in [5.74, 6) is 0.975. The van der Waals surface area contributed by atoms with Gasteiger partial charge in [0.25, 0.3) is 0 Å². The van der Waals surface area contributed by atoms with Gasteiger partial charge in [0.05, 0.1) is 11.6 Å². The van der Waals surface area contributed by atoms with Crippen LogP contribution in [0.4, 0.5) is 5.82 Å². The normalized spacial score (nSPS) is 18.8. The monoisotopic (exact) mass is 255 g/mol. The minimum Gasteiger partial charge on any atom is -0.350 e. The maximum atomic E-state index is 8.79. The van der Waals surface area contributed by atoms with Crippen LogP contribution in [0, 0.1) is 11.3 Å². The molecule has 0 saturated carbocycles. The van der Waals surface area contributed by atoms with E-state index in [-0.39, 0.29) is 0 Å². The third-order valence-corrected chi connectivity index (χ3v) is 4.05. The van der Waals surface area contributed by atoms with Crippen LogP contribution in [0.25, 0.3) is 0 Å². The van der Waals surface area contributed by atoms with Gasteiger partial charge in [-0.2, -0.15) is 16.6 Å². The Labute approximate surface area is 110 Å². The number of thiophene rings is 1. The second-order valence-electron chi connectivity index (χ2n) is 4.42. The lowest BCUT2D eigenvalue weighted by Crippen LogP contribution is -2.23. The van der Waals surface area contributed by atoms with Gasteiger partial charge in [-0.05, 0) is 47.4 Å². The van der Waals surface area contributed by atoms with Crippen LogP contribution in [-0.4, -0.2) is 11.5 Å². The fraction of sp³-hybridized carbons (Fsp3) is 0.286. The average Bonchev–Trinajstić information content (AvgIpc) is 3.09. The van der Waals surface area contributed by atoms with Crippen LogP contribution in [0.5, 0.6) is 0 Å². The molecule has 1 atom stereocenters. The zero-order valence-electron chi connectivity index (χ0n) is 9.91. The molecular formula is C14H13N3S. The SMILES string of the molecule is N#Cc1ccc(N2CCCC2c2ccsc2)nc1. The Balaban J connectivity index is 1.88. The van der Waals surface area contributed by atoms with Gasteiger partial charge in [-0.15, -0.1) is 0 Å². The Hall–Kier alpha value is -1.86. The highest BCUT2D eigenvalue weighted by atomic mass is 32.1. The summed E-state index contributed by atoms with van der Waals surface area (Å²) in [6, 6.07) is 8.52. The molecule has 1 saturated heterocycles. The molecule has 18 heavy (non-hydrogen) atoms. The number of nitriles is 1. The molecule has 2 aromatic heterocycles. The van der Waals surface area contributed by atoms with Gasteiger partial charge < -0.3 is 4.90 Å². The van der Waals surface area contributed by atoms with Crippen molar-refractivity contribution in [1.29, 1.82) is 5.26 Å². The maximum Gasteiger partial charge on any atom is 0.129 e. The van der Waals surface area contributed by atoms with Crippen molar-refractivity contribution >= 4 is 17.2 Å². The van der Waals surface area contributed by atoms with Crippen molar-refractivity contribution in [3.63, 3.8) is 0 Å². The fourth-order valence-electron chi connectivity index (χ4n) is 2.47. The van der Waals surface area contributed by atoms with E-state index < -0.39 is 0 Å². The van der Waals surface area contributed by atoms with Gasteiger partial charge >= 0.3 is 0 Å². The lowest BCUT2D eigenvalue weighted by molar-refractivity contribution is 0.714. The summed E-state index contributed by atoms with van der Waals surface area (Å²) in [4.78, 5) is 6.73. The molecule has 0 bridgehead atoms. The van der Waals surface area contributed by atoms with Gasteiger partial charge in [0.15, 0.2) is 0 Å². The molecule has 0 aliphatic carbocycles. The number of pyridine rings is 1. The second-order valence-corrected chi connectivity index (χ2v) is 5.21. The molecular weight excluding hydrogens is 242 g/mol. The molecule has 0 amide bonds. The highest BCUT2D eigenvalue weighted by Gasteiger charge is 2.27. The van der Waals surface area contributed by atoms with Crippen molar-refractivity contribution < 1.29 is 0 Å². The van der Waals surface area contributed by atoms with Crippen LogP contribution in [0.3, 0.4) is 0 Å². The molecule has 3 heterocycles. The highest BCUT2D eigenvalue weighted by molar-refractivity contribution is 7.08. The predicted octanol–water partition coefficient (Wildman–Crippen LogP) is 3.36. The van der Waals surface area contributed by atoms with Gasteiger partial charge in [-0.1, -0.05) is 0 Å².